The third-order valence-corrected chi connectivity index (χ3v) is 8.65. The van der Waals surface area contributed by atoms with E-state index in [4.69, 9.17) is 15.5 Å². The number of carbonyl (C=O) groups is 1. The Morgan fingerprint density at radius 1 is 0.946 bits per heavy atom. The number of hydrogen-bond acceptors (Lipinski definition) is 7. The first-order valence-corrected chi connectivity index (χ1v) is 13.6. The minimum Gasteiger partial charge on any atom is -0.381 e. The van der Waals surface area contributed by atoms with Crippen molar-refractivity contribution in [3.05, 3.63) is 76.9 Å². The van der Waals surface area contributed by atoms with Crippen LogP contribution in [0.1, 0.15) is 48.6 Å². The first-order valence-electron chi connectivity index (χ1n) is 12.7. The lowest BCUT2D eigenvalue weighted by Crippen LogP contribution is -2.44. The highest BCUT2D eigenvalue weighted by Crippen LogP contribution is 2.40. The zero-order valence-electron chi connectivity index (χ0n) is 20.5. The third-order valence-electron chi connectivity index (χ3n) is 7.64. The van der Waals surface area contributed by atoms with Crippen LogP contribution in [0.25, 0.3) is 22.4 Å². The van der Waals surface area contributed by atoms with E-state index in [1.807, 2.05) is 48.5 Å². The molecule has 4 aromatic rings. The summed E-state index contributed by atoms with van der Waals surface area (Å²) in [5, 5.41) is 6.56. The van der Waals surface area contributed by atoms with Gasteiger partial charge in [0, 0.05) is 53.7 Å². The quantitative estimate of drug-likeness (QED) is 0.339. The monoisotopic (exact) mass is 511 g/mol. The molecule has 0 radical (unpaired) electrons. The zero-order chi connectivity index (χ0) is 25.2. The average molecular weight is 512 g/mol. The van der Waals surface area contributed by atoms with Crippen molar-refractivity contribution in [3.63, 3.8) is 0 Å². The predicted octanol–water partition coefficient (Wildman–Crippen LogP) is 5.80. The zero-order valence-corrected chi connectivity index (χ0v) is 21.3. The van der Waals surface area contributed by atoms with Crippen LogP contribution >= 0.6 is 11.3 Å². The SMILES string of the molecule is Nc1ncc(-c2ccc(C3(C(=O)Nc4ccc(-c5csc(C6CCC6)n5)cc4)CCOCC3)cc2)cn1. The second kappa shape index (κ2) is 10.0. The molecule has 0 bridgehead atoms. The molecule has 1 saturated heterocycles. The molecular formula is C29H29N5O2S. The van der Waals surface area contributed by atoms with E-state index in [0.717, 1.165) is 33.6 Å². The Hall–Kier alpha value is -3.62. The number of carbonyl (C=O) groups excluding carboxylic acids is 1. The van der Waals surface area contributed by atoms with Gasteiger partial charge in [0.05, 0.1) is 16.1 Å². The first-order chi connectivity index (χ1) is 18.1. The van der Waals surface area contributed by atoms with Gasteiger partial charge in [-0.05, 0) is 48.9 Å². The van der Waals surface area contributed by atoms with Gasteiger partial charge in [0.2, 0.25) is 11.9 Å². The lowest BCUT2D eigenvalue weighted by Gasteiger charge is -2.36. The number of nitrogens with zero attached hydrogens (tertiary/aromatic N) is 3. The molecule has 8 heteroatoms. The molecule has 1 aliphatic carbocycles. The van der Waals surface area contributed by atoms with E-state index < -0.39 is 5.41 Å². The summed E-state index contributed by atoms with van der Waals surface area (Å²) in [7, 11) is 0. The number of hydrogen-bond donors (Lipinski definition) is 2. The standard InChI is InChI=1S/C29H29N5O2S/c30-28-31-16-22(17-32-28)19-4-8-23(9-5-19)29(12-14-36-15-13-29)27(35)33-24-10-6-20(7-11-24)25-18-37-26(34-25)21-2-1-3-21/h4-11,16-18,21H,1-3,12-15H2,(H,33,35)(H2,30,31,32). The highest BCUT2D eigenvalue weighted by atomic mass is 32.1. The van der Waals surface area contributed by atoms with Gasteiger partial charge in [-0.2, -0.15) is 0 Å². The van der Waals surface area contributed by atoms with Crippen LogP contribution in [-0.2, 0) is 14.9 Å². The van der Waals surface area contributed by atoms with Crippen LogP contribution in [0.2, 0.25) is 0 Å². The number of thiazole rings is 1. The maximum Gasteiger partial charge on any atom is 0.235 e. The lowest BCUT2D eigenvalue weighted by atomic mass is 9.73. The first kappa shape index (κ1) is 23.8. The van der Waals surface area contributed by atoms with Crippen LogP contribution in [-0.4, -0.2) is 34.1 Å². The molecule has 37 heavy (non-hydrogen) atoms. The second-order valence-electron chi connectivity index (χ2n) is 9.83. The third kappa shape index (κ3) is 4.74. The van der Waals surface area contributed by atoms with Gasteiger partial charge in [-0.3, -0.25) is 4.79 Å². The minimum absolute atomic E-state index is 0.00644. The molecule has 2 aromatic heterocycles. The number of aromatic nitrogens is 3. The van der Waals surface area contributed by atoms with E-state index in [1.165, 1.54) is 24.3 Å². The average Bonchev–Trinajstić information content (AvgIpc) is 3.38. The summed E-state index contributed by atoms with van der Waals surface area (Å²) in [6.45, 7) is 1.10. The summed E-state index contributed by atoms with van der Waals surface area (Å²) >= 11 is 1.75. The molecule has 2 aromatic carbocycles. The number of benzene rings is 2. The molecule has 6 rings (SSSR count). The predicted molar refractivity (Wildman–Crippen MR) is 146 cm³/mol. The van der Waals surface area contributed by atoms with Gasteiger partial charge in [-0.25, -0.2) is 15.0 Å². The van der Waals surface area contributed by atoms with Crippen molar-refractivity contribution >= 4 is 28.9 Å². The Morgan fingerprint density at radius 2 is 1.62 bits per heavy atom. The maximum absolute atomic E-state index is 13.7. The van der Waals surface area contributed by atoms with Gasteiger partial charge >= 0.3 is 0 Å². The maximum atomic E-state index is 13.7. The smallest absolute Gasteiger partial charge is 0.235 e. The molecule has 2 fully saturated rings. The topological polar surface area (TPSA) is 103 Å². The lowest BCUT2D eigenvalue weighted by molar-refractivity contribution is -0.125. The molecule has 0 atom stereocenters. The van der Waals surface area contributed by atoms with Crippen LogP contribution in [0.3, 0.4) is 0 Å². The number of nitrogen functional groups attached to an aromatic ring is 1. The van der Waals surface area contributed by atoms with Crippen LogP contribution in [0.5, 0.6) is 0 Å². The van der Waals surface area contributed by atoms with Crippen molar-refractivity contribution in [2.45, 2.75) is 43.4 Å². The summed E-state index contributed by atoms with van der Waals surface area (Å²) in [5.41, 5.74) is 10.7. The molecule has 1 aliphatic heterocycles. The van der Waals surface area contributed by atoms with Crippen LogP contribution in [0, 0.1) is 0 Å². The van der Waals surface area contributed by atoms with Crippen molar-refractivity contribution in [2.24, 2.45) is 0 Å². The minimum atomic E-state index is -0.653. The Bertz CT molecular complexity index is 1370. The number of nitrogens with two attached hydrogens (primary N) is 1. The fraction of sp³-hybridized carbons (Fsp3) is 0.310. The number of nitrogens with one attached hydrogen (secondary N) is 1. The largest absolute Gasteiger partial charge is 0.381 e. The van der Waals surface area contributed by atoms with Gasteiger partial charge < -0.3 is 15.8 Å². The highest BCUT2D eigenvalue weighted by Gasteiger charge is 2.41. The molecule has 1 saturated carbocycles. The van der Waals surface area contributed by atoms with Gasteiger partial charge in [0.1, 0.15) is 0 Å². The van der Waals surface area contributed by atoms with Crippen LogP contribution < -0.4 is 11.1 Å². The summed E-state index contributed by atoms with van der Waals surface area (Å²) in [6.07, 6.45) is 8.49. The Kier molecular flexibility index (Phi) is 6.44. The molecule has 3 heterocycles. The van der Waals surface area contributed by atoms with Crippen molar-refractivity contribution in [1.82, 2.24) is 15.0 Å². The van der Waals surface area contributed by atoms with Crippen LogP contribution in [0.4, 0.5) is 11.6 Å². The molecular weight excluding hydrogens is 482 g/mol. The normalized spacial score (nSPS) is 17.2. The summed E-state index contributed by atoms with van der Waals surface area (Å²) in [4.78, 5) is 26.8. The molecule has 7 nitrogen and oxygen atoms in total. The number of ether oxygens (including phenoxy) is 1. The Labute approximate surface area is 220 Å². The van der Waals surface area contributed by atoms with E-state index in [1.54, 1.807) is 23.7 Å². The van der Waals surface area contributed by atoms with E-state index in [0.29, 0.717) is 32.0 Å². The van der Waals surface area contributed by atoms with Crippen LogP contribution in [0.15, 0.2) is 66.3 Å². The summed E-state index contributed by atoms with van der Waals surface area (Å²) < 4.78 is 5.63. The molecule has 0 spiro atoms. The van der Waals surface area contributed by atoms with Gasteiger partial charge in [-0.1, -0.05) is 42.8 Å². The molecule has 2 aliphatic rings. The van der Waals surface area contributed by atoms with E-state index in [-0.39, 0.29) is 11.9 Å². The fourth-order valence-corrected chi connectivity index (χ4v) is 6.07. The molecule has 3 N–H and O–H groups in total. The van der Waals surface area contributed by atoms with E-state index in [2.05, 4.69) is 20.7 Å². The van der Waals surface area contributed by atoms with Gasteiger partial charge in [0.15, 0.2) is 0 Å². The van der Waals surface area contributed by atoms with Crippen molar-refractivity contribution in [3.8, 4) is 22.4 Å². The Balaban J connectivity index is 1.20. The summed E-state index contributed by atoms with van der Waals surface area (Å²) in [5.74, 6) is 0.881. The van der Waals surface area contributed by atoms with E-state index in [9.17, 15) is 4.79 Å². The Morgan fingerprint density at radius 3 is 2.27 bits per heavy atom. The number of rotatable bonds is 6. The van der Waals surface area contributed by atoms with Gasteiger partial charge in [-0.15, -0.1) is 11.3 Å². The molecule has 0 unspecified atom stereocenters. The fourth-order valence-electron chi connectivity index (χ4n) is 5.07. The number of anilines is 2. The molecule has 1 amide bonds. The van der Waals surface area contributed by atoms with Crippen molar-refractivity contribution in [1.29, 1.82) is 0 Å². The molecule has 188 valence electrons. The highest BCUT2D eigenvalue weighted by molar-refractivity contribution is 7.10. The van der Waals surface area contributed by atoms with E-state index >= 15 is 0 Å². The van der Waals surface area contributed by atoms with Crippen molar-refractivity contribution in [2.75, 3.05) is 24.3 Å². The van der Waals surface area contributed by atoms with Crippen molar-refractivity contribution < 1.29 is 9.53 Å². The second-order valence-corrected chi connectivity index (χ2v) is 10.7. The van der Waals surface area contributed by atoms with Gasteiger partial charge in [0.25, 0.3) is 0 Å². The summed E-state index contributed by atoms with van der Waals surface area (Å²) in [6, 6.07) is 16.1. The number of amides is 1.